The van der Waals surface area contributed by atoms with Gasteiger partial charge in [0.05, 0.1) is 24.0 Å². The molecule has 1 unspecified atom stereocenters. The SMILES string of the molecule is CCC(C(=O)Nc1ccccc1OC)N1C(=O)C(=O)c2ccccc21. The summed E-state index contributed by atoms with van der Waals surface area (Å²) in [6.07, 6.45) is 0.369. The minimum Gasteiger partial charge on any atom is -0.495 e. The molecule has 1 N–H and O–H groups in total. The zero-order chi connectivity index (χ0) is 18.0. The maximum atomic E-state index is 12.8. The molecule has 2 aromatic rings. The van der Waals surface area contributed by atoms with E-state index in [0.29, 0.717) is 29.1 Å². The second-order valence-corrected chi connectivity index (χ2v) is 5.64. The van der Waals surface area contributed by atoms with E-state index in [9.17, 15) is 14.4 Å². The molecule has 0 saturated heterocycles. The van der Waals surface area contributed by atoms with Gasteiger partial charge < -0.3 is 10.1 Å². The van der Waals surface area contributed by atoms with E-state index < -0.39 is 17.7 Å². The summed E-state index contributed by atoms with van der Waals surface area (Å²) in [6, 6.07) is 12.9. The smallest absolute Gasteiger partial charge is 0.300 e. The van der Waals surface area contributed by atoms with Crippen molar-refractivity contribution >= 4 is 29.0 Å². The van der Waals surface area contributed by atoms with E-state index in [1.807, 2.05) is 0 Å². The summed E-state index contributed by atoms with van der Waals surface area (Å²) in [5, 5.41) is 2.79. The summed E-state index contributed by atoms with van der Waals surface area (Å²) >= 11 is 0. The number of nitrogens with one attached hydrogen (secondary N) is 1. The van der Waals surface area contributed by atoms with Gasteiger partial charge >= 0.3 is 0 Å². The number of methoxy groups -OCH3 is 1. The molecule has 2 aromatic carbocycles. The predicted octanol–water partition coefficient (Wildman–Crippen LogP) is 2.64. The van der Waals surface area contributed by atoms with Gasteiger partial charge in [-0.3, -0.25) is 19.3 Å². The first-order chi connectivity index (χ1) is 12.1. The Balaban J connectivity index is 1.91. The first-order valence-corrected chi connectivity index (χ1v) is 7.99. The molecular formula is C19H18N2O4. The van der Waals surface area contributed by atoms with Crippen molar-refractivity contribution in [3.63, 3.8) is 0 Å². The number of fused-ring (bicyclic) bond motifs is 1. The van der Waals surface area contributed by atoms with E-state index in [1.165, 1.54) is 12.0 Å². The fourth-order valence-corrected chi connectivity index (χ4v) is 2.97. The van der Waals surface area contributed by atoms with E-state index in [2.05, 4.69) is 5.32 Å². The number of anilines is 2. The summed E-state index contributed by atoms with van der Waals surface area (Å²) in [5.74, 6) is -1.11. The summed E-state index contributed by atoms with van der Waals surface area (Å²) in [4.78, 5) is 38.6. The van der Waals surface area contributed by atoms with Gasteiger partial charge in [0, 0.05) is 0 Å². The largest absolute Gasteiger partial charge is 0.495 e. The Morgan fingerprint density at radius 2 is 1.80 bits per heavy atom. The monoisotopic (exact) mass is 338 g/mol. The lowest BCUT2D eigenvalue weighted by molar-refractivity contribution is -0.121. The second kappa shape index (κ2) is 6.76. The topological polar surface area (TPSA) is 75.7 Å². The highest BCUT2D eigenvalue weighted by Crippen LogP contribution is 2.32. The minimum atomic E-state index is -0.787. The lowest BCUT2D eigenvalue weighted by Gasteiger charge is -2.26. The fraction of sp³-hybridized carbons (Fsp3) is 0.211. The quantitative estimate of drug-likeness (QED) is 0.851. The molecule has 1 atom stereocenters. The van der Waals surface area contributed by atoms with Gasteiger partial charge in [-0.15, -0.1) is 0 Å². The molecule has 2 amide bonds. The average Bonchev–Trinajstić information content (AvgIpc) is 2.88. The normalized spacial score (nSPS) is 14.2. The number of para-hydroxylation sites is 3. The Labute approximate surface area is 145 Å². The van der Waals surface area contributed by atoms with Crippen molar-refractivity contribution in [2.45, 2.75) is 19.4 Å². The molecule has 0 bridgehead atoms. The molecule has 1 aliphatic rings. The van der Waals surface area contributed by atoms with Crippen LogP contribution in [-0.2, 0) is 9.59 Å². The van der Waals surface area contributed by atoms with E-state index in [0.717, 1.165) is 0 Å². The first kappa shape index (κ1) is 16.7. The lowest BCUT2D eigenvalue weighted by Crippen LogP contribution is -2.46. The Hall–Kier alpha value is -3.15. The van der Waals surface area contributed by atoms with Crippen molar-refractivity contribution in [3.05, 3.63) is 54.1 Å². The molecule has 1 heterocycles. The van der Waals surface area contributed by atoms with Gasteiger partial charge in [0.15, 0.2) is 0 Å². The third-order valence-electron chi connectivity index (χ3n) is 4.19. The van der Waals surface area contributed by atoms with Gasteiger partial charge in [-0.2, -0.15) is 0 Å². The fourth-order valence-electron chi connectivity index (χ4n) is 2.97. The van der Waals surface area contributed by atoms with E-state index in [-0.39, 0.29) is 5.91 Å². The van der Waals surface area contributed by atoms with Crippen molar-refractivity contribution in [2.75, 3.05) is 17.3 Å². The van der Waals surface area contributed by atoms with Gasteiger partial charge in [-0.25, -0.2) is 0 Å². The molecule has 0 aromatic heterocycles. The Bertz CT molecular complexity index is 847. The maximum Gasteiger partial charge on any atom is 0.300 e. The molecule has 0 saturated carbocycles. The maximum absolute atomic E-state index is 12.8. The van der Waals surface area contributed by atoms with Crippen molar-refractivity contribution in [1.29, 1.82) is 0 Å². The molecular weight excluding hydrogens is 320 g/mol. The molecule has 0 aliphatic carbocycles. The Morgan fingerprint density at radius 1 is 1.12 bits per heavy atom. The van der Waals surface area contributed by atoms with Crippen molar-refractivity contribution in [2.24, 2.45) is 0 Å². The van der Waals surface area contributed by atoms with Gasteiger partial charge in [0.1, 0.15) is 11.8 Å². The van der Waals surface area contributed by atoms with Crippen LogP contribution in [0.4, 0.5) is 11.4 Å². The van der Waals surface area contributed by atoms with Gasteiger partial charge in [-0.05, 0) is 30.7 Å². The summed E-state index contributed by atoms with van der Waals surface area (Å²) in [5.41, 5.74) is 1.32. The van der Waals surface area contributed by atoms with Crippen LogP contribution >= 0.6 is 0 Å². The van der Waals surface area contributed by atoms with Crippen molar-refractivity contribution in [3.8, 4) is 5.75 Å². The molecule has 6 heteroatoms. The lowest BCUT2D eigenvalue weighted by atomic mass is 10.1. The summed E-state index contributed by atoms with van der Waals surface area (Å²) in [7, 11) is 1.52. The molecule has 0 spiro atoms. The number of benzene rings is 2. The highest BCUT2D eigenvalue weighted by Gasteiger charge is 2.41. The first-order valence-electron chi connectivity index (χ1n) is 7.99. The molecule has 128 valence electrons. The summed E-state index contributed by atoms with van der Waals surface area (Å²) in [6.45, 7) is 1.80. The zero-order valence-corrected chi connectivity index (χ0v) is 14.0. The number of carbonyl (C=O) groups excluding carboxylic acids is 3. The third-order valence-corrected chi connectivity index (χ3v) is 4.19. The summed E-state index contributed by atoms with van der Waals surface area (Å²) < 4.78 is 5.23. The molecule has 1 aliphatic heterocycles. The van der Waals surface area contributed by atoms with Crippen LogP contribution in [0.5, 0.6) is 5.75 Å². The number of ether oxygens (including phenoxy) is 1. The number of nitrogens with zero attached hydrogens (tertiary/aromatic N) is 1. The predicted molar refractivity (Wildman–Crippen MR) is 94.0 cm³/mol. The third kappa shape index (κ3) is 2.87. The molecule has 0 fully saturated rings. The standard InChI is InChI=1S/C19H18N2O4/c1-3-14(18(23)20-13-9-5-7-11-16(13)25-2)21-15-10-6-4-8-12(15)17(22)19(21)24/h4-11,14H,3H2,1-2H3,(H,20,23). The van der Waals surface area contributed by atoms with Gasteiger partial charge in [-0.1, -0.05) is 31.2 Å². The molecule has 3 rings (SSSR count). The molecule has 6 nitrogen and oxygen atoms in total. The van der Waals surface area contributed by atoms with E-state index in [1.54, 1.807) is 55.5 Å². The number of carbonyl (C=O) groups is 3. The second-order valence-electron chi connectivity index (χ2n) is 5.64. The minimum absolute atomic E-state index is 0.330. The van der Waals surface area contributed by atoms with Crippen LogP contribution in [0.1, 0.15) is 23.7 Å². The van der Waals surface area contributed by atoms with Crippen molar-refractivity contribution < 1.29 is 19.1 Å². The number of rotatable bonds is 5. The van der Waals surface area contributed by atoms with Crippen LogP contribution in [0, 0.1) is 0 Å². The van der Waals surface area contributed by atoms with E-state index >= 15 is 0 Å². The van der Waals surface area contributed by atoms with Crippen LogP contribution in [-0.4, -0.2) is 30.7 Å². The highest BCUT2D eigenvalue weighted by atomic mass is 16.5. The number of ketones is 1. The number of hydrogen-bond donors (Lipinski definition) is 1. The Kier molecular flexibility index (Phi) is 4.52. The van der Waals surface area contributed by atoms with Crippen LogP contribution in [0.15, 0.2) is 48.5 Å². The number of Topliss-reactive ketones (excluding diaryl/α,β-unsaturated/α-hetero) is 1. The highest BCUT2D eigenvalue weighted by molar-refractivity contribution is 6.52. The Morgan fingerprint density at radius 3 is 2.52 bits per heavy atom. The van der Waals surface area contributed by atoms with Gasteiger partial charge in [0.2, 0.25) is 5.91 Å². The van der Waals surface area contributed by atoms with E-state index in [4.69, 9.17) is 4.74 Å². The van der Waals surface area contributed by atoms with Crippen LogP contribution in [0.2, 0.25) is 0 Å². The number of hydrogen-bond acceptors (Lipinski definition) is 4. The number of amides is 2. The van der Waals surface area contributed by atoms with Crippen LogP contribution < -0.4 is 15.0 Å². The molecule has 0 radical (unpaired) electrons. The van der Waals surface area contributed by atoms with Crippen LogP contribution in [0.25, 0.3) is 0 Å². The molecule has 25 heavy (non-hydrogen) atoms. The van der Waals surface area contributed by atoms with Gasteiger partial charge in [0.25, 0.3) is 11.7 Å². The zero-order valence-electron chi connectivity index (χ0n) is 14.0. The van der Waals surface area contributed by atoms with Crippen LogP contribution in [0.3, 0.4) is 0 Å². The average molecular weight is 338 g/mol. The van der Waals surface area contributed by atoms with Crippen molar-refractivity contribution in [1.82, 2.24) is 0 Å².